The molecule has 0 amide bonds. The molecule has 1 nitrogen and oxygen atoms in total. The van der Waals surface area contributed by atoms with Crippen LogP contribution in [0.5, 0.6) is 0 Å². The summed E-state index contributed by atoms with van der Waals surface area (Å²) in [7, 11) is 0.942. The molecule has 0 heterocycles. The van der Waals surface area contributed by atoms with E-state index in [1.165, 1.54) is 47.8 Å². The maximum absolute atomic E-state index is 2.41. The van der Waals surface area contributed by atoms with Crippen molar-refractivity contribution in [3.63, 3.8) is 0 Å². The normalized spacial score (nSPS) is 17.9. The Morgan fingerprint density at radius 2 is 1.27 bits per heavy atom. The maximum atomic E-state index is 2.41. The smallest absolute Gasteiger partial charge is 0.0775 e. The molecule has 0 aromatic heterocycles. The molecule has 1 fully saturated rings. The highest BCUT2D eigenvalue weighted by molar-refractivity contribution is 6.88. The first kappa shape index (κ1) is 19.2. The predicted octanol–water partition coefficient (Wildman–Crippen LogP) is 6.68. The molecular formula is C24H35NSi. The Balaban J connectivity index is 1.70. The topological polar surface area (TPSA) is 3.24 Å². The highest BCUT2D eigenvalue weighted by Crippen LogP contribution is 2.42. The fourth-order valence-electron chi connectivity index (χ4n) is 4.04. The number of nitrogens with zero attached hydrogens (tertiary/aromatic N) is 1. The van der Waals surface area contributed by atoms with Crippen LogP contribution >= 0.6 is 0 Å². The minimum Gasteiger partial charge on any atom is -0.345 e. The number of hydrogen-bond acceptors (Lipinski definition) is 1. The second-order valence-electron chi connectivity index (χ2n) is 9.89. The second kappa shape index (κ2) is 7.23. The van der Waals surface area contributed by atoms with Crippen LogP contribution in [0.3, 0.4) is 0 Å². The van der Waals surface area contributed by atoms with Crippen LogP contribution in [-0.2, 0) is 0 Å². The van der Waals surface area contributed by atoms with Gasteiger partial charge >= 0.3 is 0 Å². The average Bonchev–Trinajstić information content (AvgIpc) is 2.61. The minimum atomic E-state index is -1.23. The van der Waals surface area contributed by atoms with E-state index in [1.54, 1.807) is 0 Å². The molecule has 140 valence electrons. The van der Waals surface area contributed by atoms with Crippen LogP contribution < -0.4 is 10.1 Å². The van der Waals surface area contributed by atoms with Gasteiger partial charge in [0.25, 0.3) is 0 Å². The second-order valence-corrected chi connectivity index (χ2v) is 15.0. The van der Waals surface area contributed by atoms with Gasteiger partial charge < -0.3 is 4.90 Å². The molecule has 0 radical (unpaired) electrons. The predicted molar refractivity (Wildman–Crippen MR) is 119 cm³/mol. The van der Waals surface area contributed by atoms with E-state index in [9.17, 15) is 0 Å². The molecular weight excluding hydrogens is 330 g/mol. The van der Waals surface area contributed by atoms with E-state index in [0.717, 1.165) is 5.92 Å². The summed E-state index contributed by atoms with van der Waals surface area (Å²) in [6, 6.07) is 18.5. The third-order valence-corrected chi connectivity index (χ3v) is 8.28. The van der Waals surface area contributed by atoms with E-state index in [2.05, 4.69) is 94.0 Å². The van der Waals surface area contributed by atoms with Crippen molar-refractivity contribution in [1.29, 1.82) is 0 Å². The summed E-state index contributed by atoms with van der Waals surface area (Å²) in [6.07, 6.45) is 5.37. The molecule has 0 unspecified atom stereocenters. The summed E-state index contributed by atoms with van der Waals surface area (Å²) in [6.45, 7) is 12.0. The first-order chi connectivity index (χ1) is 12.2. The summed E-state index contributed by atoms with van der Waals surface area (Å²) >= 11 is 0. The summed E-state index contributed by atoms with van der Waals surface area (Å²) < 4.78 is 0. The molecule has 0 spiro atoms. The van der Waals surface area contributed by atoms with Crippen LogP contribution in [0.1, 0.15) is 51.0 Å². The lowest BCUT2D eigenvalue weighted by molar-refractivity contribution is 0.224. The zero-order valence-corrected chi connectivity index (χ0v) is 18.5. The monoisotopic (exact) mass is 365 g/mol. The molecule has 0 bridgehead atoms. The van der Waals surface area contributed by atoms with Gasteiger partial charge in [0.15, 0.2) is 0 Å². The first-order valence-corrected chi connectivity index (χ1v) is 13.6. The Morgan fingerprint density at radius 3 is 1.73 bits per heavy atom. The maximum Gasteiger partial charge on any atom is 0.0775 e. The lowest BCUT2D eigenvalue weighted by Gasteiger charge is -2.34. The van der Waals surface area contributed by atoms with Gasteiger partial charge in [-0.1, -0.05) is 62.9 Å². The minimum absolute atomic E-state index is 0.540. The Labute approximate surface area is 161 Å². The van der Waals surface area contributed by atoms with Gasteiger partial charge in [-0.25, -0.2) is 0 Å². The molecule has 2 aromatic rings. The van der Waals surface area contributed by atoms with Crippen molar-refractivity contribution in [2.75, 3.05) is 11.9 Å². The van der Waals surface area contributed by atoms with Gasteiger partial charge in [-0.15, -0.1) is 0 Å². The zero-order chi connectivity index (χ0) is 18.9. The lowest BCUT2D eigenvalue weighted by Crippen LogP contribution is -2.37. The Bertz CT molecular complexity index is 712. The van der Waals surface area contributed by atoms with Crippen LogP contribution in [-0.4, -0.2) is 15.1 Å². The van der Waals surface area contributed by atoms with Crippen molar-refractivity contribution < 1.29 is 0 Å². The average molecular weight is 366 g/mol. The number of anilines is 2. The van der Waals surface area contributed by atoms with Crippen LogP contribution in [0.4, 0.5) is 11.4 Å². The Kier molecular flexibility index (Phi) is 5.34. The third-order valence-electron chi connectivity index (χ3n) is 6.21. The zero-order valence-electron chi connectivity index (χ0n) is 17.5. The van der Waals surface area contributed by atoms with Gasteiger partial charge in [-0.05, 0) is 66.8 Å². The molecule has 0 aliphatic heterocycles. The van der Waals surface area contributed by atoms with Crippen molar-refractivity contribution in [2.24, 2.45) is 5.41 Å². The van der Waals surface area contributed by atoms with Gasteiger partial charge in [0.1, 0.15) is 0 Å². The molecule has 2 aromatic carbocycles. The molecule has 1 aliphatic rings. The summed E-state index contributed by atoms with van der Waals surface area (Å²) in [5.74, 6) is 0.749. The SMILES string of the molecule is CN(c1ccc(C2CCC(C)(C)CC2)cc1)c1ccc([Si](C)(C)C)cc1. The Morgan fingerprint density at radius 1 is 0.808 bits per heavy atom. The molecule has 0 N–H and O–H groups in total. The van der Waals surface area contributed by atoms with Crippen LogP contribution in [0.25, 0.3) is 0 Å². The van der Waals surface area contributed by atoms with E-state index in [1.807, 2.05) is 0 Å². The van der Waals surface area contributed by atoms with Gasteiger partial charge in [-0.2, -0.15) is 0 Å². The Hall–Kier alpha value is -1.54. The molecule has 0 saturated heterocycles. The van der Waals surface area contributed by atoms with Gasteiger partial charge in [0.2, 0.25) is 0 Å². The van der Waals surface area contributed by atoms with Gasteiger partial charge in [-0.3, -0.25) is 0 Å². The van der Waals surface area contributed by atoms with Crippen molar-refractivity contribution in [3.05, 3.63) is 54.1 Å². The highest BCUT2D eigenvalue weighted by atomic mass is 28.3. The van der Waals surface area contributed by atoms with Crippen molar-refractivity contribution in [3.8, 4) is 0 Å². The quantitative estimate of drug-likeness (QED) is 0.546. The van der Waals surface area contributed by atoms with E-state index in [4.69, 9.17) is 0 Å². The molecule has 26 heavy (non-hydrogen) atoms. The molecule has 3 rings (SSSR count). The number of benzene rings is 2. The fourth-order valence-corrected chi connectivity index (χ4v) is 5.20. The third kappa shape index (κ3) is 4.40. The van der Waals surface area contributed by atoms with Crippen LogP contribution in [0.2, 0.25) is 19.6 Å². The molecule has 1 aliphatic carbocycles. The fraction of sp³-hybridized carbons (Fsp3) is 0.500. The summed E-state index contributed by atoms with van der Waals surface area (Å²) in [4.78, 5) is 2.29. The highest BCUT2D eigenvalue weighted by Gasteiger charge is 2.27. The van der Waals surface area contributed by atoms with E-state index in [0.29, 0.717) is 5.41 Å². The van der Waals surface area contributed by atoms with Crippen molar-refractivity contribution in [2.45, 2.75) is 65.1 Å². The van der Waals surface area contributed by atoms with Crippen LogP contribution in [0, 0.1) is 5.41 Å². The number of rotatable bonds is 4. The molecule has 1 saturated carbocycles. The van der Waals surface area contributed by atoms with Crippen LogP contribution in [0.15, 0.2) is 48.5 Å². The lowest BCUT2D eigenvalue weighted by atomic mass is 9.71. The molecule has 0 atom stereocenters. The number of hydrogen-bond donors (Lipinski definition) is 0. The van der Waals surface area contributed by atoms with Gasteiger partial charge in [0, 0.05) is 18.4 Å². The largest absolute Gasteiger partial charge is 0.345 e. The summed E-state index contributed by atoms with van der Waals surface area (Å²) in [5.41, 5.74) is 4.59. The van der Waals surface area contributed by atoms with E-state index < -0.39 is 8.07 Å². The van der Waals surface area contributed by atoms with Gasteiger partial charge in [0.05, 0.1) is 8.07 Å². The van der Waals surface area contributed by atoms with Crippen molar-refractivity contribution in [1.82, 2.24) is 0 Å². The van der Waals surface area contributed by atoms with E-state index >= 15 is 0 Å². The summed E-state index contributed by atoms with van der Waals surface area (Å²) in [5, 5.41) is 1.52. The first-order valence-electron chi connectivity index (χ1n) is 10.1. The standard InChI is InChI=1S/C24H35NSi/c1-24(2)17-15-20(16-18-24)19-7-9-21(10-8-19)25(3)22-11-13-23(14-12-22)26(4,5)6/h7-14,20H,15-18H2,1-6H3. The van der Waals surface area contributed by atoms with E-state index in [-0.39, 0.29) is 0 Å². The van der Waals surface area contributed by atoms with Crippen molar-refractivity contribution >= 4 is 24.6 Å². The molecule has 2 heteroatoms.